The zero-order valence-corrected chi connectivity index (χ0v) is 18.0. The van der Waals surface area contributed by atoms with E-state index in [1.807, 2.05) is 20.8 Å². The molecule has 2 aliphatic carbocycles. The van der Waals surface area contributed by atoms with Crippen molar-refractivity contribution in [3.05, 3.63) is 20.9 Å². The predicted octanol–water partition coefficient (Wildman–Crippen LogP) is 5.19. The Labute approximate surface area is 173 Å². The van der Waals surface area contributed by atoms with E-state index in [1.165, 1.54) is 12.8 Å². The zero-order chi connectivity index (χ0) is 21.7. The summed E-state index contributed by atoms with van der Waals surface area (Å²) in [7, 11) is 0. The van der Waals surface area contributed by atoms with Crippen LogP contribution in [0.2, 0.25) is 0 Å². The van der Waals surface area contributed by atoms with Crippen LogP contribution in [0, 0.1) is 11.8 Å². The fourth-order valence-corrected chi connectivity index (χ4v) is 3.82. The van der Waals surface area contributed by atoms with Crippen LogP contribution in [0.1, 0.15) is 72.1 Å². The summed E-state index contributed by atoms with van der Waals surface area (Å²) in [6.07, 6.45) is 8.41. The third-order valence-electron chi connectivity index (χ3n) is 5.34. The molecule has 2 aliphatic rings. The molecule has 0 aromatic heterocycles. The van der Waals surface area contributed by atoms with E-state index >= 15 is 0 Å². The van der Waals surface area contributed by atoms with Gasteiger partial charge in [-0.3, -0.25) is 0 Å². The lowest BCUT2D eigenvalue weighted by atomic mass is 9.84. The number of hydrogen-bond acceptors (Lipinski definition) is 5. The lowest BCUT2D eigenvalue weighted by Gasteiger charge is -2.32. The van der Waals surface area contributed by atoms with E-state index in [0.29, 0.717) is 19.0 Å². The van der Waals surface area contributed by atoms with E-state index in [4.69, 9.17) is 21.5 Å². The van der Waals surface area contributed by atoms with Gasteiger partial charge in [0.25, 0.3) is 0 Å². The Hall–Kier alpha value is -2.15. The first-order valence-electron chi connectivity index (χ1n) is 10.5. The SMILES string of the molecule is CC(C)(C)OC(=O)N[C@H]1CCCC[C@@H]1CN=[N+]=[N-].[N-]=[N+]=NC[C@H]1CCCC[C@@H]1N. The molecule has 0 bridgehead atoms. The van der Waals surface area contributed by atoms with Crippen LogP contribution in [-0.4, -0.2) is 36.9 Å². The second-order valence-electron chi connectivity index (χ2n) is 8.83. The lowest BCUT2D eigenvalue weighted by Crippen LogP contribution is -2.45. The van der Waals surface area contributed by atoms with Crippen LogP contribution in [-0.2, 0) is 4.74 Å². The smallest absolute Gasteiger partial charge is 0.407 e. The van der Waals surface area contributed by atoms with Crippen molar-refractivity contribution in [3.63, 3.8) is 0 Å². The second kappa shape index (κ2) is 13.1. The minimum Gasteiger partial charge on any atom is -0.444 e. The number of amides is 1. The molecule has 1 amide bonds. The first kappa shape index (κ1) is 24.9. The molecule has 29 heavy (non-hydrogen) atoms. The van der Waals surface area contributed by atoms with Crippen LogP contribution in [0.25, 0.3) is 20.9 Å². The molecule has 2 fully saturated rings. The van der Waals surface area contributed by atoms with Crippen LogP contribution < -0.4 is 11.1 Å². The Balaban J connectivity index is 0.000000326. The Morgan fingerprint density at radius 1 is 1.00 bits per heavy atom. The highest BCUT2D eigenvalue weighted by molar-refractivity contribution is 5.68. The summed E-state index contributed by atoms with van der Waals surface area (Å²) in [6, 6.07) is 0.313. The van der Waals surface area contributed by atoms with Crippen LogP contribution in [0.3, 0.4) is 0 Å². The van der Waals surface area contributed by atoms with Gasteiger partial charge in [-0.25, -0.2) is 4.79 Å². The molecular weight excluding hydrogens is 372 g/mol. The molecule has 2 saturated carbocycles. The number of nitrogens with one attached hydrogen (secondary N) is 1. The fourth-order valence-electron chi connectivity index (χ4n) is 3.82. The molecule has 0 unspecified atom stereocenters. The van der Waals surface area contributed by atoms with Crippen molar-refractivity contribution in [3.8, 4) is 0 Å². The van der Waals surface area contributed by atoms with Gasteiger partial charge in [-0.1, -0.05) is 35.9 Å². The summed E-state index contributed by atoms with van der Waals surface area (Å²) in [5.74, 6) is 0.654. The first-order valence-corrected chi connectivity index (χ1v) is 10.5. The molecule has 0 aromatic carbocycles. The van der Waals surface area contributed by atoms with Gasteiger partial charge in [-0.15, -0.1) is 0 Å². The molecular formula is C19H36N8O2. The summed E-state index contributed by atoms with van der Waals surface area (Å²) in [6.45, 7) is 6.54. The quantitative estimate of drug-likeness (QED) is 0.364. The zero-order valence-electron chi connectivity index (χ0n) is 18.0. The molecule has 2 rings (SSSR count). The number of azide groups is 2. The van der Waals surface area contributed by atoms with Crippen molar-refractivity contribution >= 4 is 6.09 Å². The molecule has 10 heteroatoms. The fraction of sp³-hybridized carbons (Fsp3) is 0.947. The molecule has 0 saturated heterocycles. The minimum absolute atomic E-state index is 0.0547. The Bertz CT molecular complexity index is 594. The average molecular weight is 409 g/mol. The molecule has 4 atom stereocenters. The monoisotopic (exact) mass is 408 g/mol. The predicted molar refractivity (Wildman–Crippen MR) is 113 cm³/mol. The summed E-state index contributed by atoms with van der Waals surface area (Å²) >= 11 is 0. The van der Waals surface area contributed by atoms with Crippen molar-refractivity contribution < 1.29 is 9.53 Å². The molecule has 10 nitrogen and oxygen atoms in total. The van der Waals surface area contributed by atoms with E-state index in [2.05, 4.69) is 25.4 Å². The number of ether oxygens (including phenoxy) is 1. The van der Waals surface area contributed by atoms with E-state index in [1.54, 1.807) is 0 Å². The third-order valence-corrected chi connectivity index (χ3v) is 5.34. The van der Waals surface area contributed by atoms with Crippen molar-refractivity contribution in [2.45, 2.75) is 89.8 Å². The summed E-state index contributed by atoms with van der Waals surface area (Å²) in [5, 5.41) is 10.1. The number of alkyl carbamates (subject to hydrolysis) is 1. The van der Waals surface area contributed by atoms with Crippen LogP contribution in [0.5, 0.6) is 0 Å². The van der Waals surface area contributed by atoms with Crippen molar-refractivity contribution in [2.24, 2.45) is 27.8 Å². The summed E-state index contributed by atoms with van der Waals surface area (Å²) < 4.78 is 5.24. The van der Waals surface area contributed by atoms with E-state index in [-0.39, 0.29) is 24.1 Å². The van der Waals surface area contributed by atoms with Gasteiger partial charge in [0.05, 0.1) is 0 Å². The Kier molecular flexibility index (Phi) is 11.3. The van der Waals surface area contributed by atoms with Gasteiger partial charge in [0.1, 0.15) is 5.60 Å². The van der Waals surface area contributed by atoms with Gasteiger partial charge < -0.3 is 15.8 Å². The molecule has 0 spiro atoms. The van der Waals surface area contributed by atoms with Gasteiger partial charge >= 0.3 is 6.09 Å². The highest BCUT2D eigenvalue weighted by Crippen LogP contribution is 2.25. The lowest BCUT2D eigenvalue weighted by molar-refractivity contribution is 0.0471. The number of nitrogens with zero attached hydrogens (tertiary/aromatic N) is 6. The molecule has 0 radical (unpaired) electrons. The molecule has 164 valence electrons. The van der Waals surface area contributed by atoms with Gasteiger partial charge in [-0.05, 0) is 69.4 Å². The Morgan fingerprint density at radius 2 is 1.52 bits per heavy atom. The molecule has 0 aromatic rings. The normalized spacial score (nSPS) is 26.6. The molecule has 0 heterocycles. The maximum atomic E-state index is 11.7. The number of hydrogen-bond donors (Lipinski definition) is 2. The summed E-state index contributed by atoms with van der Waals surface area (Å²) in [5.41, 5.74) is 21.8. The largest absolute Gasteiger partial charge is 0.444 e. The first-order chi connectivity index (χ1) is 13.8. The van der Waals surface area contributed by atoms with Gasteiger partial charge in [0.15, 0.2) is 0 Å². The third kappa shape index (κ3) is 10.8. The average Bonchev–Trinajstić information content (AvgIpc) is 2.66. The maximum absolute atomic E-state index is 11.7. The topological polar surface area (TPSA) is 162 Å². The van der Waals surface area contributed by atoms with E-state index < -0.39 is 5.60 Å². The number of nitrogens with two attached hydrogens (primary N) is 1. The van der Waals surface area contributed by atoms with Crippen LogP contribution >= 0.6 is 0 Å². The Morgan fingerprint density at radius 3 is 2.07 bits per heavy atom. The second-order valence-corrected chi connectivity index (χ2v) is 8.83. The molecule has 3 N–H and O–H groups in total. The van der Waals surface area contributed by atoms with Gasteiger partial charge in [-0.2, -0.15) is 0 Å². The van der Waals surface area contributed by atoms with E-state index in [0.717, 1.165) is 38.5 Å². The highest BCUT2D eigenvalue weighted by atomic mass is 16.6. The summed E-state index contributed by atoms with van der Waals surface area (Å²) in [4.78, 5) is 17.2. The minimum atomic E-state index is -0.487. The van der Waals surface area contributed by atoms with Gasteiger partial charge in [0, 0.05) is 35.0 Å². The highest BCUT2D eigenvalue weighted by Gasteiger charge is 2.27. The number of carbonyl (C=O) groups excluding carboxylic acids is 1. The van der Waals surface area contributed by atoms with Crippen molar-refractivity contribution in [2.75, 3.05) is 13.1 Å². The van der Waals surface area contributed by atoms with E-state index in [9.17, 15) is 4.79 Å². The standard InChI is InChI=1S/C12H22N4O2.C7H14N4/c1-12(2,3)18-11(17)15-10-7-5-4-6-9(10)8-14-16-13;8-7-4-2-1-3-6(7)5-10-11-9/h9-10H,4-8H2,1-3H3,(H,15,17);6-7H,1-5,8H2/t9-,10+;6-,7+/m11/s1. The van der Waals surface area contributed by atoms with Crippen molar-refractivity contribution in [1.29, 1.82) is 0 Å². The van der Waals surface area contributed by atoms with Crippen LogP contribution in [0.15, 0.2) is 10.2 Å². The molecule has 0 aliphatic heterocycles. The number of rotatable bonds is 5. The van der Waals surface area contributed by atoms with Crippen LogP contribution in [0.4, 0.5) is 4.79 Å². The maximum Gasteiger partial charge on any atom is 0.407 e. The van der Waals surface area contributed by atoms with Crippen molar-refractivity contribution in [1.82, 2.24) is 5.32 Å². The number of carbonyl (C=O) groups is 1. The van der Waals surface area contributed by atoms with Gasteiger partial charge in [0.2, 0.25) is 0 Å².